The molecule has 0 aliphatic rings. The molecule has 0 bridgehead atoms. The second-order valence-corrected chi connectivity index (χ2v) is 6.65. The van der Waals surface area contributed by atoms with Crippen molar-refractivity contribution >= 4 is 29.1 Å². The molecule has 0 radical (unpaired) electrons. The van der Waals surface area contributed by atoms with Crippen LogP contribution in [-0.2, 0) is 11.2 Å². The molecule has 0 saturated carbocycles. The zero-order valence-corrected chi connectivity index (χ0v) is 15.5. The van der Waals surface area contributed by atoms with Crippen molar-refractivity contribution in [2.45, 2.75) is 19.4 Å². The number of amides is 1. The summed E-state index contributed by atoms with van der Waals surface area (Å²) in [4.78, 5) is 18.5. The summed E-state index contributed by atoms with van der Waals surface area (Å²) in [6.45, 7) is 2.31. The predicted molar refractivity (Wildman–Crippen MR) is 98.6 cm³/mol. The van der Waals surface area contributed by atoms with Crippen molar-refractivity contribution in [3.63, 3.8) is 0 Å². The number of benzene rings is 1. The highest BCUT2D eigenvalue weighted by atomic mass is 35.5. The number of carbonyl (C=O) groups excluding carboxylic acids is 1. The first-order valence-electron chi connectivity index (χ1n) is 7.68. The van der Waals surface area contributed by atoms with E-state index in [2.05, 4.69) is 27.3 Å². The van der Waals surface area contributed by atoms with E-state index < -0.39 is 0 Å². The molecular formula is C18H21Cl2N3O. The van der Waals surface area contributed by atoms with Crippen molar-refractivity contribution in [1.29, 1.82) is 0 Å². The van der Waals surface area contributed by atoms with Crippen LogP contribution in [0.15, 0.2) is 36.4 Å². The minimum atomic E-state index is -0.132. The molecule has 0 aliphatic carbocycles. The van der Waals surface area contributed by atoms with Crippen molar-refractivity contribution in [3.05, 3.63) is 63.4 Å². The molecular weight excluding hydrogens is 345 g/mol. The highest BCUT2D eigenvalue weighted by molar-refractivity contribution is 6.35. The zero-order valence-electron chi connectivity index (χ0n) is 14.0. The molecule has 2 rings (SSSR count). The maximum Gasteiger partial charge on any atom is 0.224 e. The van der Waals surface area contributed by atoms with Gasteiger partial charge in [-0.2, -0.15) is 0 Å². The van der Waals surface area contributed by atoms with E-state index in [9.17, 15) is 4.79 Å². The van der Waals surface area contributed by atoms with Crippen molar-refractivity contribution in [3.8, 4) is 0 Å². The Kier molecular flexibility index (Phi) is 6.60. The monoisotopic (exact) mass is 365 g/mol. The summed E-state index contributed by atoms with van der Waals surface area (Å²) in [5.74, 6) is -0.132. The lowest BCUT2D eigenvalue weighted by molar-refractivity contribution is -0.120. The van der Waals surface area contributed by atoms with E-state index in [4.69, 9.17) is 23.2 Å². The van der Waals surface area contributed by atoms with Crippen molar-refractivity contribution < 1.29 is 4.79 Å². The maximum absolute atomic E-state index is 12.3. The minimum Gasteiger partial charge on any atom is -0.354 e. The molecule has 1 amide bonds. The lowest BCUT2D eigenvalue weighted by Crippen LogP contribution is -2.35. The van der Waals surface area contributed by atoms with Gasteiger partial charge in [0.05, 0.1) is 12.5 Å². The number of carbonyl (C=O) groups is 1. The van der Waals surface area contributed by atoms with E-state index in [1.165, 1.54) is 0 Å². The number of pyridine rings is 1. The number of nitrogens with zero attached hydrogens (tertiary/aromatic N) is 2. The Morgan fingerprint density at radius 3 is 2.50 bits per heavy atom. The number of nitrogens with one attached hydrogen (secondary N) is 1. The van der Waals surface area contributed by atoms with Gasteiger partial charge in [-0.1, -0.05) is 53.5 Å². The lowest BCUT2D eigenvalue weighted by atomic mass is 10.1. The maximum atomic E-state index is 12.3. The first kappa shape index (κ1) is 18.7. The van der Waals surface area contributed by atoms with Gasteiger partial charge in [-0.05, 0) is 32.6 Å². The fraction of sp³-hybridized carbons (Fsp3) is 0.333. The number of aryl methyl sites for hydroxylation is 1. The number of halogens is 2. The average Bonchev–Trinajstić information content (AvgIpc) is 2.51. The number of likely N-dealkylation sites (N-methyl/N-ethyl adjacent to an activating group) is 1. The van der Waals surface area contributed by atoms with E-state index in [1.807, 2.05) is 39.2 Å². The Labute approximate surface area is 152 Å². The smallest absolute Gasteiger partial charge is 0.224 e. The molecule has 1 unspecified atom stereocenters. The van der Waals surface area contributed by atoms with Gasteiger partial charge in [0.1, 0.15) is 5.15 Å². The Balaban J connectivity index is 2.02. The number of hydrogen-bond donors (Lipinski definition) is 1. The van der Waals surface area contributed by atoms with E-state index in [0.717, 1.165) is 11.3 Å². The standard InChI is InChI=1S/C18H21Cl2N3O/c1-12-9-15(19)14(18(20)22-12)10-17(24)21-11-16(23(2)3)13-7-5-4-6-8-13/h4-9,16H,10-11H2,1-3H3,(H,21,24). The fourth-order valence-corrected chi connectivity index (χ4v) is 3.15. The zero-order chi connectivity index (χ0) is 17.7. The van der Waals surface area contributed by atoms with Gasteiger partial charge in [-0.3, -0.25) is 4.79 Å². The van der Waals surface area contributed by atoms with Gasteiger partial charge < -0.3 is 10.2 Å². The van der Waals surface area contributed by atoms with Crippen LogP contribution < -0.4 is 5.32 Å². The molecule has 1 atom stereocenters. The van der Waals surface area contributed by atoms with Crippen molar-refractivity contribution in [2.24, 2.45) is 0 Å². The van der Waals surface area contributed by atoms with Crippen LogP contribution in [0.2, 0.25) is 10.2 Å². The minimum absolute atomic E-state index is 0.0947. The third-order valence-corrected chi connectivity index (χ3v) is 4.43. The molecule has 0 saturated heterocycles. The van der Waals surface area contributed by atoms with Crippen LogP contribution in [0.5, 0.6) is 0 Å². The first-order valence-corrected chi connectivity index (χ1v) is 8.43. The SMILES string of the molecule is Cc1cc(Cl)c(CC(=O)NCC(c2ccccc2)N(C)C)c(Cl)n1. The Bertz CT molecular complexity index is 682. The van der Waals surface area contributed by atoms with Gasteiger partial charge in [-0.15, -0.1) is 0 Å². The molecule has 0 spiro atoms. The third-order valence-electron chi connectivity index (χ3n) is 3.79. The summed E-state index contributed by atoms with van der Waals surface area (Å²) in [6.07, 6.45) is 0.111. The second-order valence-electron chi connectivity index (χ2n) is 5.89. The van der Waals surface area contributed by atoms with Crippen LogP contribution >= 0.6 is 23.2 Å². The molecule has 1 N–H and O–H groups in total. The normalized spacial score (nSPS) is 12.2. The summed E-state index contributed by atoms with van der Waals surface area (Å²) in [7, 11) is 3.98. The van der Waals surface area contributed by atoms with E-state index in [0.29, 0.717) is 17.1 Å². The Morgan fingerprint density at radius 1 is 1.25 bits per heavy atom. The van der Waals surface area contributed by atoms with E-state index in [-0.39, 0.29) is 23.5 Å². The third kappa shape index (κ3) is 4.94. The van der Waals surface area contributed by atoms with Gasteiger partial charge in [0.25, 0.3) is 0 Å². The van der Waals surface area contributed by atoms with Gasteiger partial charge in [0.15, 0.2) is 0 Å². The van der Waals surface area contributed by atoms with Gasteiger partial charge >= 0.3 is 0 Å². The number of rotatable bonds is 6. The van der Waals surface area contributed by atoms with Gasteiger partial charge in [0.2, 0.25) is 5.91 Å². The number of hydrogen-bond acceptors (Lipinski definition) is 3. The van der Waals surface area contributed by atoms with Gasteiger partial charge in [-0.25, -0.2) is 4.98 Å². The largest absolute Gasteiger partial charge is 0.354 e. The van der Waals surface area contributed by atoms with Crippen LogP contribution in [0, 0.1) is 6.92 Å². The van der Waals surface area contributed by atoms with Crippen LogP contribution in [0.3, 0.4) is 0 Å². The molecule has 24 heavy (non-hydrogen) atoms. The highest BCUT2D eigenvalue weighted by Crippen LogP contribution is 2.24. The Morgan fingerprint density at radius 2 is 1.92 bits per heavy atom. The average molecular weight is 366 g/mol. The molecule has 1 aromatic heterocycles. The van der Waals surface area contributed by atoms with Crippen LogP contribution in [0.4, 0.5) is 0 Å². The summed E-state index contributed by atoms with van der Waals surface area (Å²) in [6, 6.07) is 11.9. The molecule has 1 aromatic carbocycles. The molecule has 0 fully saturated rings. The van der Waals surface area contributed by atoms with E-state index >= 15 is 0 Å². The fourth-order valence-electron chi connectivity index (χ4n) is 2.49. The van der Waals surface area contributed by atoms with Gasteiger partial charge in [0, 0.05) is 22.8 Å². The summed E-state index contributed by atoms with van der Waals surface area (Å²) >= 11 is 12.3. The summed E-state index contributed by atoms with van der Waals surface area (Å²) in [5.41, 5.74) is 2.43. The molecule has 2 aromatic rings. The first-order chi connectivity index (χ1) is 11.4. The van der Waals surface area contributed by atoms with Crippen LogP contribution in [-0.4, -0.2) is 36.4 Å². The molecule has 0 aliphatic heterocycles. The van der Waals surface area contributed by atoms with E-state index in [1.54, 1.807) is 6.07 Å². The molecule has 4 nitrogen and oxygen atoms in total. The molecule has 128 valence electrons. The second kappa shape index (κ2) is 8.47. The predicted octanol–water partition coefficient (Wildman–Crippen LogP) is 3.66. The van der Waals surface area contributed by atoms with Crippen molar-refractivity contribution in [1.82, 2.24) is 15.2 Å². The quantitative estimate of drug-likeness (QED) is 0.794. The van der Waals surface area contributed by atoms with Crippen LogP contribution in [0.1, 0.15) is 22.9 Å². The highest BCUT2D eigenvalue weighted by Gasteiger charge is 2.17. The lowest BCUT2D eigenvalue weighted by Gasteiger charge is -2.25. The van der Waals surface area contributed by atoms with Crippen LogP contribution in [0.25, 0.3) is 0 Å². The Hall–Kier alpha value is -1.62. The summed E-state index contributed by atoms with van der Waals surface area (Å²) < 4.78 is 0. The molecule has 6 heteroatoms. The van der Waals surface area contributed by atoms with Crippen molar-refractivity contribution in [2.75, 3.05) is 20.6 Å². The topological polar surface area (TPSA) is 45.2 Å². The number of aromatic nitrogens is 1. The molecule has 1 heterocycles. The summed E-state index contributed by atoms with van der Waals surface area (Å²) in [5, 5.41) is 3.70.